The van der Waals surface area contributed by atoms with Gasteiger partial charge in [0.05, 0.1) is 12.8 Å². The van der Waals surface area contributed by atoms with Crippen LogP contribution in [0.4, 0.5) is 5.69 Å². The van der Waals surface area contributed by atoms with E-state index in [4.69, 9.17) is 4.74 Å². The molecule has 1 aromatic rings. The molecule has 0 radical (unpaired) electrons. The zero-order chi connectivity index (χ0) is 11.3. The number of ether oxygens (including phenoxy) is 1. The Kier molecular flexibility index (Phi) is 4.62. The van der Waals surface area contributed by atoms with Gasteiger partial charge in [-0.15, -0.1) is 0 Å². The third-order valence-corrected chi connectivity index (χ3v) is 2.17. The molecule has 1 N–H and O–H groups in total. The molecule has 1 rings (SSSR count). The third kappa shape index (κ3) is 3.91. The second-order valence-electron chi connectivity index (χ2n) is 3.23. The minimum absolute atomic E-state index is 0.0242. The zero-order valence-electron chi connectivity index (χ0n) is 8.79. The fourth-order valence-corrected chi connectivity index (χ4v) is 1.50. The van der Waals surface area contributed by atoms with Crippen molar-refractivity contribution < 1.29 is 9.53 Å². The molecule has 0 spiro atoms. The Bertz CT molecular complexity index is 339. The van der Waals surface area contributed by atoms with E-state index < -0.39 is 0 Å². The standard InChI is InChI=1S/C11H14BrNO2/c1-8(12)7-11(14)13-9-5-3-4-6-10(9)15-2/h3-6,8H,7H2,1-2H3,(H,13,14). The first-order chi connectivity index (χ1) is 7.13. The van der Waals surface area contributed by atoms with E-state index in [2.05, 4.69) is 21.2 Å². The molecule has 0 bridgehead atoms. The first-order valence-electron chi connectivity index (χ1n) is 4.70. The number of carbonyl (C=O) groups is 1. The molecular formula is C11H14BrNO2. The van der Waals surface area contributed by atoms with Crippen molar-refractivity contribution in [3.8, 4) is 5.75 Å². The highest BCUT2D eigenvalue weighted by Crippen LogP contribution is 2.23. The van der Waals surface area contributed by atoms with Gasteiger partial charge >= 0.3 is 0 Å². The van der Waals surface area contributed by atoms with Crippen LogP contribution in [0.5, 0.6) is 5.75 Å². The molecule has 15 heavy (non-hydrogen) atoms. The van der Waals surface area contributed by atoms with Crippen LogP contribution in [0, 0.1) is 0 Å². The van der Waals surface area contributed by atoms with Crippen LogP contribution in [0.3, 0.4) is 0 Å². The van der Waals surface area contributed by atoms with E-state index in [0.717, 1.165) is 0 Å². The molecule has 4 heteroatoms. The summed E-state index contributed by atoms with van der Waals surface area (Å²) in [5, 5.41) is 2.80. The lowest BCUT2D eigenvalue weighted by molar-refractivity contribution is -0.116. The minimum atomic E-state index is -0.0242. The molecule has 0 saturated heterocycles. The first-order valence-corrected chi connectivity index (χ1v) is 5.62. The van der Waals surface area contributed by atoms with E-state index >= 15 is 0 Å². The Hall–Kier alpha value is -1.03. The Labute approximate surface area is 97.9 Å². The van der Waals surface area contributed by atoms with Crippen LogP contribution in [0.1, 0.15) is 13.3 Å². The van der Waals surface area contributed by atoms with Crippen LogP contribution in [0.25, 0.3) is 0 Å². The fraction of sp³-hybridized carbons (Fsp3) is 0.364. The second-order valence-corrected chi connectivity index (χ2v) is 4.80. The molecule has 1 aromatic carbocycles. The number of halogens is 1. The number of rotatable bonds is 4. The first kappa shape index (κ1) is 12.0. The minimum Gasteiger partial charge on any atom is -0.495 e. The van der Waals surface area contributed by atoms with E-state index in [9.17, 15) is 4.79 Å². The summed E-state index contributed by atoms with van der Waals surface area (Å²) in [5.41, 5.74) is 0.707. The van der Waals surface area contributed by atoms with Crippen molar-refractivity contribution in [3.05, 3.63) is 24.3 Å². The summed E-state index contributed by atoms with van der Waals surface area (Å²) in [6.45, 7) is 1.93. The average Bonchev–Trinajstić information content (AvgIpc) is 2.17. The number of methoxy groups -OCH3 is 1. The average molecular weight is 272 g/mol. The van der Waals surface area contributed by atoms with Gasteiger partial charge in [0.25, 0.3) is 0 Å². The maximum absolute atomic E-state index is 11.5. The predicted octanol–water partition coefficient (Wildman–Crippen LogP) is 2.81. The van der Waals surface area contributed by atoms with Crippen LogP contribution >= 0.6 is 15.9 Å². The lowest BCUT2D eigenvalue weighted by Crippen LogP contribution is -2.15. The van der Waals surface area contributed by atoms with Gasteiger partial charge < -0.3 is 10.1 Å². The number of anilines is 1. The normalized spacial score (nSPS) is 11.9. The summed E-state index contributed by atoms with van der Waals surface area (Å²) in [5.74, 6) is 0.650. The maximum Gasteiger partial charge on any atom is 0.225 e. The van der Waals surface area contributed by atoms with Crippen LogP contribution in [-0.2, 0) is 4.79 Å². The Balaban J connectivity index is 2.67. The molecule has 0 fully saturated rings. The molecule has 0 heterocycles. The van der Waals surface area contributed by atoms with Crippen molar-refractivity contribution in [1.82, 2.24) is 0 Å². The van der Waals surface area contributed by atoms with E-state index in [0.29, 0.717) is 17.9 Å². The summed E-state index contributed by atoms with van der Waals surface area (Å²) >= 11 is 3.33. The highest BCUT2D eigenvalue weighted by molar-refractivity contribution is 9.09. The number of hydrogen-bond donors (Lipinski definition) is 1. The summed E-state index contributed by atoms with van der Waals surface area (Å²) in [7, 11) is 1.58. The van der Waals surface area contributed by atoms with E-state index in [1.807, 2.05) is 31.2 Å². The number of para-hydroxylation sites is 2. The molecule has 0 saturated carbocycles. The highest BCUT2D eigenvalue weighted by atomic mass is 79.9. The number of nitrogens with one attached hydrogen (secondary N) is 1. The fourth-order valence-electron chi connectivity index (χ4n) is 1.20. The van der Waals surface area contributed by atoms with Crippen molar-refractivity contribution in [3.63, 3.8) is 0 Å². The molecule has 0 aliphatic carbocycles. The number of alkyl halides is 1. The monoisotopic (exact) mass is 271 g/mol. The third-order valence-electron chi connectivity index (χ3n) is 1.85. The molecule has 0 aliphatic heterocycles. The molecular weight excluding hydrogens is 258 g/mol. The Morgan fingerprint density at radius 1 is 1.53 bits per heavy atom. The molecule has 82 valence electrons. The van der Waals surface area contributed by atoms with E-state index in [1.54, 1.807) is 7.11 Å². The Morgan fingerprint density at radius 2 is 2.20 bits per heavy atom. The van der Waals surface area contributed by atoms with Gasteiger partial charge in [-0.1, -0.05) is 35.0 Å². The SMILES string of the molecule is COc1ccccc1NC(=O)CC(C)Br. The number of hydrogen-bond acceptors (Lipinski definition) is 2. The quantitative estimate of drug-likeness (QED) is 0.856. The summed E-state index contributed by atoms with van der Waals surface area (Å²) in [6.07, 6.45) is 0.443. The van der Waals surface area contributed by atoms with Crippen molar-refractivity contribution in [2.75, 3.05) is 12.4 Å². The van der Waals surface area contributed by atoms with Gasteiger partial charge in [-0.25, -0.2) is 0 Å². The largest absolute Gasteiger partial charge is 0.495 e. The number of amides is 1. The van der Waals surface area contributed by atoms with Crippen molar-refractivity contribution in [2.45, 2.75) is 18.2 Å². The van der Waals surface area contributed by atoms with Gasteiger partial charge in [0.2, 0.25) is 5.91 Å². The van der Waals surface area contributed by atoms with Gasteiger partial charge in [0, 0.05) is 11.2 Å². The lowest BCUT2D eigenvalue weighted by atomic mass is 10.2. The second kappa shape index (κ2) is 5.75. The van der Waals surface area contributed by atoms with Crippen LogP contribution < -0.4 is 10.1 Å². The predicted molar refractivity (Wildman–Crippen MR) is 64.6 cm³/mol. The van der Waals surface area contributed by atoms with E-state index in [1.165, 1.54) is 0 Å². The zero-order valence-corrected chi connectivity index (χ0v) is 10.4. The van der Waals surface area contributed by atoms with Gasteiger partial charge in [-0.05, 0) is 12.1 Å². The van der Waals surface area contributed by atoms with Crippen LogP contribution in [0.2, 0.25) is 0 Å². The van der Waals surface area contributed by atoms with Crippen molar-refractivity contribution in [2.24, 2.45) is 0 Å². The van der Waals surface area contributed by atoms with E-state index in [-0.39, 0.29) is 10.7 Å². The summed E-state index contributed by atoms with van der Waals surface area (Å²) in [6, 6.07) is 7.35. The van der Waals surface area contributed by atoms with Gasteiger partial charge in [-0.2, -0.15) is 0 Å². The van der Waals surface area contributed by atoms with Gasteiger partial charge in [-0.3, -0.25) is 4.79 Å². The molecule has 3 nitrogen and oxygen atoms in total. The summed E-state index contributed by atoms with van der Waals surface area (Å²) < 4.78 is 5.12. The molecule has 0 aromatic heterocycles. The van der Waals surface area contributed by atoms with Crippen molar-refractivity contribution >= 4 is 27.5 Å². The molecule has 1 unspecified atom stereocenters. The summed E-state index contributed by atoms with van der Waals surface area (Å²) in [4.78, 5) is 11.7. The number of benzene rings is 1. The van der Waals surface area contributed by atoms with Gasteiger partial charge in [0.1, 0.15) is 5.75 Å². The molecule has 1 atom stereocenters. The molecule has 1 amide bonds. The highest BCUT2D eigenvalue weighted by Gasteiger charge is 2.08. The topological polar surface area (TPSA) is 38.3 Å². The molecule has 0 aliphatic rings. The van der Waals surface area contributed by atoms with Crippen molar-refractivity contribution in [1.29, 1.82) is 0 Å². The van der Waals surface area contributed by atoms with Crippen LogP contribution in [0.15, 0.2) is 24.3 Å². The van der Waals surface area contributed by atoms with Gasteiger partial charge in [0.15, 0.2) is 0 Å². The maximum atomic E-state index is 11.5. The Morgan fingerprint density at radius 3 is 2.80 bits per heavy atom. The van der Waals surface area contributed by atoms with Crippen LogP contribution in [-0.4, -0.2) is 17.8 Å². The lowest BCUT2D eigenvalue weighted by Gasteiger charge is -2.10. The number of carbonyl (C=O) groups excluding carboxylic acids is 1. The smallest absolute Gasteiger partial charge is 0.225 e.